The summed E-state index contributed by atoms with van der Waals surface area (Å²) in [6.45, 7) is 5.79. The number of benzene rings is 2. The van der Waals surface area contributed by atoms with E-state index in [0.29, 0.717) is 11.7 Å². The van der Waals surface area contributed by atoms with Crippen LogP contribution in [0.3, 0.4) is 0 Å². The molecule has 0 radical (unpaired) electrons. The highest BCUT2D eigenvalue weighted by molar-refractivity contribution is 5.92. The highest BCUT2D eigenvalue weighted by Crippen LogP contribution is 2.24. The van der Waals surface area contributed by atoms with E-state index in [4.69, 9.17) is 0 Å². The van der Waals surface area contributed by atoms with E-state index in [0.717, 1.165) is 30.8 Å². The van der Waals surface area contributed by atoms with Crippen molar-refractivity contribution >= 4 is 5.91 Å². The second kappa shape index (κ2) is 8.17. The molecular weight excluding hydrogens is 367 g/mol. The minimum Gasteiger partial charge on any atom is -0.347 e. The minimum atomic E-state index is -0.285. The van der Waals surface area contributed by atoms with Crippen LogP contribution in [0.25, 0.3) is 5.69 Å². The van der Waals surface area contributed by atoms with Gasteiger partial charge in [0.05, 0.1) is 5.69 Å². The summed E-state index contributed by atoms with van der Waals surface area (Å²) in [7, 11) is 0. The Labute approximate surface area is 170 Å². The van der Waals surface area contributed by atoms with Crippen molar-refractivity contribution in [2.45, 2.75) is 32.4 Å². The average molecular weight is 392 g/mol. The van der Waals surface area contributed by atoms with Crippen LogP contribution in [0.5, 0.6) is 0 Å². The van der Waals surface area contributed by atoms with Crippen molar-refractivity contribution in [1.82, 2.24) is 20.0 Å². The van der Waals surface area contributed by atoms with Crippen molar-refractivity contribution < 1.29 is 9.18 Å². The number of carbonyl (C=O) groups excluding carboxylic acids is 1. The second-order valence-corrected chi connectivity index (χ2v) is 7.62. The van der Waals surface area contributed by atoms with Gasteiger partial charge >= 0.3 is 0 Å². The zero-order valence-corrected chi connectivity index (χ0v) is 16.7. The van der Waals surface area contributed by atoms with Gasteiger partial charge in [0.2, 0.25) is 0 Å². The van der Waals surface area contributed by atoms with Crippen molar-refractivity contribution in [2.75, 3.05) is 13.1 Å². The number of rotatable bonds is 5. The third-order valence-electron chi connectivity index (χ3n) is 5.61. The zero-order chi connectivity index (χ0) is 20.4. The van der Waals surface area contributed by atoms with Gasteiger partial charge in [-0.05, 0) is 55.7 Å². The summed E-state index contributed by atoms with van der Waals surface area (Å²) in [5, 5.41) is 7.49. The Hall–Kier alpha value is -2.99. The molecule has 1 aliphatic rings. The molecule has 1 saturated heterocycles. The van der Waals surface area contributed by atoms with Crippen LogP contribution in [0.15, 0.2) is 60.8 Å². The summed E-state index contributed by atoms with van der Waals surface area (Å²) in [5.74, 6) is -0.463. The number of amides is 1. The predicted octanol–water partition coefficient (Wildman–Crippen LogP) is 3.89. The first-order chi connectivity index (χ1) is 14.0. The molecule has 3 aromatic rings. The highest BCUT2D eigenvalue weighted by Gasteiger charge is 2.28. The first kappa shape index (κ1) is 19.3. The Morgan fingerprint density at radius 1 is 1.21 bits per heavy atom. The molecule has 0 saturated carbocycles. The topological polar surface area (TPSA) is 50.2 Å². The summed E-state index contributed by atoms with van der Waals surface area (Å²) in [4.78, 5) is 15.1. The monoisotopic (exact) mass is 392 g/mol. The smallest absolute Gasteiger partial charge is 0.272 e. The van der Waals surface area contributed by atoms with Gasteiger partial charge < -0.3 is 5.32 Å². The van der Waals surface area contributed by atoms with Crippen LogP contribution in [0.1, 0.15) is 41.0 Å². The SMILES string of the molecule is Cc1cc(F)ccc1-n1ccc(C(=O)NC2CCN(C(C)c3ccccc3)C2)n1. The number of aryl methyl sites for hydroxylation is 1. The van der Waals surface area contributed by atoms with E-state index < -0.39 is 0 Å². The van der Waals surface area contributed by atoms with Crippen LogP contribution in [0.4, 0.5) is 4.39 Å². The van der Waals surface area contributed by atoms with E-state index in [-0.39, 0.29) is 17.8 Å². The molecule has 29 heavy (non-hydrogen) atoms. The van der Waals surface area contributed by atoms with E-state index in [1.165, 1.54) is 17.7 Å². The molecule has 1 N–H and O–H groups in total. The molecule has 2 heterocycles. The molecule has 2 aromatic carbocycles. The molecule has 1 fully saturated rings. The minimum absolute atomic E-state index is 0.103. The number of halogens is 1. The second-order valence-electron chi connectivity index (χ2n) is 7.62. The van der Waals surface area contributed by atoms with Gasteiger partial charge in [0.1, 0.15) is 5.82 Å². The first-order valence-electron chi connectivity index (χ1n) is 9.93. The number of hydrogen-bond acceptors (Lipinski definition) is 3. The molecule has 0 spiro atoms. The van der Waals surface area contributed by atoms with E-state index >= 15 is 0 Å². The third kappa shape index (κ3) is 4.22. The van der Waals surface area contributed by atoms with Gasteiger partial charge in [-0.3, -0.25) is 9.69 Å². The molecule has 1 amide bonds. The van der Waals surface area contributed by atoms with Crippen LogP contribution in [0, 0.1) is 12.7 Å². The molecule has 1 aromatic heterocycles. The van der Waals surface area contributed by atoms with Crippen LogP contribution in [-0.4, -0.2) is 39.7 Å². The van der Waals surface area contributed by atoms with Crippen LogP contribution < -0.4 is 5.32 Å². The Kier molecular flexibility index (Phi) is 5.45. The van der Waals surface area contributed by atoms with Gasteiger partial charge in [0.15, 0.2) is 5.69 Å². The summed E-state index contributed by atoms with van der Waals surface area (Å²) < 4.78 is 14.9. The Balaban J connectivity index is 1.38. The molecule has 1 aliphatic heterocycles. The van der Waals surface area contributed by atoms with Gasteiger partial charge in [-0.15, -0.1) is 0 Å². The van der Waals surface area contributed by atoms with Crippen LogP contribution in [-0.2, 0) is 0 Å². The number of nitrogens with zero attached hydrogens (tertiary/aromatic N) is 3. The lowest BCUT2D eigenvalue weighted by molar-refractivity contribution is 0.0931. The standard InChI is InChI=1S/C23H25FN4O/c1-16-14-19(24)8-9-22(16)28-13-11-21(26-28)23(29)25-20-10-12-27(15-20)17(2)18-6-4-3-5-7-18/h3-9,11,13-14,17,20H,10,12,15H2,1-2H3,(H,25,29). The Morgan fingerprint density at radius 3 is 2.76 bits per heavy atom. The van der Waals surface area contributed by atoms with E-state index in [1.54, 1.807) is 23.0 Å². The molecule has 2 atom stereocenters. The number of nitrogens with one attached hydrogen (secondary N) is 1. The summed E-state index contributed by atoms with van der Waals surface area (Å²) in [5.41, 5.74) is 3.17. The molecular formula is C23H25FN4O. The number of aromatic nitrogens is 2. The van der Waals surface area contributed by atoms with Gasteiger partial charge in [-0.2, -0.15) is 5.10 Å². The fraction of sp³-hybridized carbons (Fsp3) is 0.304. The summed E-state index contributed by atoms with van der Waals surface area (Å²) in [6.07, 6.45) is 2.65. The van der Waals surface area contributed by atoms with Crippen LogP contribution in [0.2, 0.25) is 0 Å². The van der Waals surface area contributed by atoms with Gasteiger partial charge in [0, 0.05) is 31.4 Å². The first-order valence-corrected chi connectivity index (χ1v) is 9.93. The molecule has 4 rings (SSSR count). The average Bonchev–Trinajstić information content (AvgIpc) is 3.38. The third-order valence-corrected chi connectivity index (χ3v) is 5.61. The van der Waals surface area contributed by atoms with Gasteiger partial charge in [-0.1, -0.05) is 30.3 Å². The van der Waals surface area contributed by atoms with Gasteiger partial charge in [0.25, 0.3) is 5.91 Å². The maximum absolute atomic E-state index is 13.3. The molecule has 150 valence electrons. The lowest BCUT2D eigenvalue weighted by Crippen LogP contribution is -2.37. The summed E-state index contributed by atoms with van der Waals surface area (Å²) in [6, 6.07) is 17.0. The quantitative estimate of drug-likeness (QED) is 0.717. The molecule has 6 heteroatoms. The summed E-state index contributed by atoms with van der Waals surface area (Å²) >= 11 is 0. The maximum atomic E-state index is 13.3. The van der Waals surface area contributed by atoms with Crippen molar-refractivity contribution in [3.05, 3.63) is 83.4 Å². The Morgan fingerprint density at radius 2 is 2.00 bits per heavy atom. The lowest BCUT2D eigenvalue weighted by Gasteiger charge is -2.24. The van der Waals surface area contributed by atoms with Crippen molar-refractivity contribution in [1.29, 1.82) is 0 Å². The predicted molar refractivity (Wildman–Crippen MR) is 111 cm³/mol. The maximum Gasteiger partial charge on any atom is 0.272 e. The lowest BCUT2D eigenvalue weighted by atomic mass is 10.1. The highest BCUT2D eigenvalue weighted by atomic mass is 19.1. The fourth-order valence-electron chi connectivity index (χ4n) is 3.91. The van der Waals surface area contributed by atoms with Gasteiger partial charge in [-0.25, -0.2) is 9.07 Å². The number of carbonyl (C=O) groups is 1. The van der Waals surface area contributed by atoms with E-state index in [9.17, 15) is 9.18 Å². The normalized spacial score (nSPS) is 18.0. The van der Waals surface area contributed by atoms with E-state index in [2.05, 4.69) is 46.5 Å². The van der Waals surface area contributed by atoms with Crippen molar-refractivity contribution in [2.24, 2.45) is 0 Å². The molecule has 0 bridgehead atoms. The zero-order valence-electron chi connectivity index (χ0n) is 16.7. The number of hydrogen-bond donors (Lipinski definition) is 1. The van der Waals surface area contributed by atoms with Crippen LogP contribution >= 0.6 is 0 Å². The molecule has 0 aliphatic carbocycles. The van der Waals surface area contributed by atoms with E-state index in [1.807, 2.05) is 13.0 Å². The molecule has 5 nitrogen and oxygen atoms in total. The largest absolute Gasteiger partial charge is 0.347 e. The number of likely N-dealkylation sites (tertiary alicyclic amines) is 1. The molecule has 2 unspecified atom stereocenters. The Bertz CT molecular complexity index is 1000. The van der Waals surface area contributed by atoms with Crippen molar-refractivity contribution in [3.8, 4) is 5.69 Å². The fourth-order valence-corrected chi connectivity index (χ4v) is 3.91. The van der Waals surface area contributed by atoms with Crippen molar-refractivity contribution in [3.63, 3.8) is 0 Å².